The molecule has 0 spiro atoms. The van der Waals surface area contributed by atoms with E-state index in [1.807, 2.05) is 32.9 Å². The van der Waals surface area contributed by atoms with Crippen molar-refractivity contribution in [2.45, 2.75) is 46.1 Å². The van der Waals surface area contributed by atoms with Crippen LogP contribution < -0.4 is 5.73 Å². The highest BCUT2D eigenvalue weighted by Crippen LogP contribution is 2.15. The van der Waals surface area contributed by atoms with E-state index in [1.165, 1.54) is 5.56 Å². The van der Waals surface area contributed by atoms with Crippen molar-refractivity contribution in [1.29, 1.82) is 0 Å². The summed E-state index contributed by atoms with van der Waals surface area (Å²) < 4.78 is 0. The molecule has 0 saturated carbocycles. The molecule has 0 aliphatic heterocycles. The van der Waals surface area contributed by atoms with Gasteiger partial charge in [-0.15, -0.1) is 0 Å². The zero-order valence-electron chi connectivity index (χ0n) is 10.9. The molecular formula is C14H22N2. The summed E-state index contributed by atoms with van der Waals surface area (Å²) in [5.41, 5.74) is 8.16. The molecule has 0 amide bonds. The predicted molar refractivity (Wildman–Crippen MR) is 71.0 cm³/mol. The van der Waals surface area contributed by atoms with Crippen molar-refractivity contribution in [2.75, 3.05) is 0 Å². The molecule has 1 aromatic carbocycles. The summed E-state index contributed by atoms with van der Waals surface area (Å²) in [6, 6.07) is 8.32. The Morgan fingerprint density at radius 1 is 1.12 bits per heavy atom. The van der Waals surface area contributed by atoms with Gasteiger partial charge in [-0.05, 0) is 32.3 Å². The Labute approximate surface area is 98.6 Å². The zero-order chi connectivity index (χ0) is 12.3. The SMILES string of the molecule is CC(C)c1ccc(C(N)=NC(C)(C)C)cc1. The lowest BCUT2D eigenvalue weighted by Crippen LogP contribution is -2.21. The van der Waals surface area contributed by atoms with E-state index in [0.717, 1.165) is 5.56 Å². The second-order valence-electron chi connectivity index (χ2n) is 5.44. The molecule has 0 saturated heterocycles. The average Bonchev–Trinajstić information content (AvgIpc) is 2.15. The molecule has 0 aromatic heterocycles. The average molecular weight is 218 g/mol. The van der Waals surface area contributed by atoms with E-state index < -0.39 is 0 Å². The van der Waals surface area contributed by atoms with Gasteiger partial charge >= 0.3 is 0 Å². The second-order valence-corrected chi connectivity index (χ2v) is 5.44. The van der Waals surface area contributed by atoms with Gasteiger partial charge in [0.1, 0.15) is 5.84 Å². The first-order chi connectivity index (χ1) is 7.29. The fourth-order valence-corrected chi connectivity index (χ4v) is 1.46. The molecule has 0 aliphatic rings. The van der Waals surface area contributed by atoms with Crippen LogP contribution in [0, 0.1) is 0 Å². The highest BCUT2D eigenvalue weighted by molar-refractivity contribution is 5.97. The Morgan fingerprint density at radius 2 is 1.62 bits per heavy atom. The van der Waals surface area contributed by atoms with Gasteiger partial charge in [0, 0.05) is 5.56 Å². The van der Waals surface area contributed by atoms with Crippen LogP contribution in [0.5, 0.6) is 0 Å². The minimum absolute atomic E-state index is 0.124. The highest BCUT2D eigenvalue weighted by atomic mass is 14.9. The molecular weight excluding hydrogens is 196 g/mol. The van der Waals surface area contributed by atoms with E-state index in [2.05, 4.69) is 31.0 Å². The molecule has 0 aliphatic carbocycles. The molecule has 2 N–H and O–H groups in total. The molecule has 16 heavy (non-hydrogen) atoms. The van der Waals surface area contributed by atoms with Gasteiger partial charge in [-0.3, -0.25) is 4.99 Å². The number of nitrogens with two attached hydrogens (primary N) is 1. The van der Waals surface area contributed by atoms with E-state index in [1.54, 1.807) is 0 Å². The highest BCUT2D eigenvalue weighted by Gasteiger charge is 2.09. The molecule has 0 unspecified atom stereocenters. The van der Waals surface area contributed by atoms with Crippen molar-refractivity contribution in [3.63, 3.8) is 0 Å². The Morgan fingerprint density at radius 3 is 2.00 bits per heavy atom. The zero-order valence-corrected chi connectivity index (χ0v) is 10.9. The summed E-state index contributed by atoms with van der Waals surface area (Å²) in [6.07, 6.45) is 0. The fraction of sp³-hybridized carbons (Fsp3) is 0.500. The van der Waals surface area contributed by atoms with Crippen LogP contribution in [0.3, 0.4) is 0 Å². The number of nitrogens with zero attached hydrogens (tertiary/aromatic N) is 1. The van der Waals surface area contributed by atoms with Crippen molar-refractivity contribution in [3.8, 4) is 0 Å². The van der Waals surface area contributed by atoms with Gasteiger partial charge in [-0.25, -0.2) is 0 Å². The molecule has 88 valence electrons. The molecule has 1 aromatic rings. The van der Waals surface area contributed by atoms with Gasteiger partial charge in [-0.1, -0.05) is 38.1 Å². The minimum atomic E-state index is -0.124. The first kappa shape index (κ1) is 12.8. The molecule has 0 atom stereocenters. The summed E-state index contributed by atoms with van der Waals surface area (Å²) in [4.78, 5) is 4.45. The summed E-state index contributed by atoms with van der Waals surface area (Å²) in [6.45, 7) is 10.5. The Bertz CT molecular complexity index is 367. The third-order valence-electron chi connectivity index (χ3n) is 2.33. The maximum atomic E-state index is 5.96. The predicted octanol–water partition coefficient (Wildman–Crippen LogP) is 3.31. The lowest BCUT2D eigenvalue weighted by molar-refractivity contribution is 0.583. The smallest absolute Gasteiger partial charge is 0.126 e. The van der Waals surface area contributed by atoms with Gasteiger partial charge in [0.15, 0.2) is 0 Å². The van der Waals surface area contributed by atoms with Gasteiger partial charge < -0.3 is 5.73 Å². The summed E-state index contributed by atoms with van der Waals surface area (Å²) in [5.74, 6) is 1.16. The standard InChI is InChI=1S/C14H22N2/c1-10(2)11-6-8-12(9-7-11)13(15)16-14(3,4)5/h6-10H,1-5H3,(H2,15,16). The third-order valence-corrected chi connectivity index (χ3v) is 2.33. The van der Waals surface area contributed by atoms with Crippen molar-refractivity contribution < 1.29 is 0 Å². The quantitative estimate of drug-likeness (QED) is 0.600. The fourth-order valence-electron chi connectivity index (χ4n) is 1.46. The first-order valence-corrected chi connectivity index (χ1v) is 5.75. The number of hydrogen-bond acceptors (Lipinski definition) is 1. The maximum Gasteiger partial charge on any atom is 0.126 e. The molecule has 2 nitrogen and oxygen atoms in total. The van der Waals surface area contributed by atoms with Crippen LogP contribution in [-0.4, -0.2) is 11.4 Å². The lowest BCUT2D eigenvalue weighted by Gasteiger charge is -2.14. The molecule has 0 fully saturated rings. The molecule has 0 heterocycles. The monoisotopic (exact) mass is 218 g/mol. The lowest BCUT2D eigenvalue weighted by atomic mass is 10.0. The van der Waals surface area contributed by atoms with Crippen molar-refractivity contribution >= 4 is 5.84 Å². The largest absolute Gasteiger partial charge is 0.383 e. The third kappa shape index (κ3) is 3.69. The molecule has 2 heteroatoms. The van der Waals surface area contributed by atoms with E-state index in [0.29, 0.717) is 11.8 Å². The van der Waals surface area contributed by atoms with E-state index >= 15 is 0 Å². The number of aliphatic imine (C=N–C) groups is 1. The maximum absolute atomic E-state index is 5.96. The normalized spacial score (nSPS) is 13.2. The van der Waals surface area contributed by atoms with Crippen LogP contribution in [0.1, 0.15) is 51.7 Å². The topological polar surface area (TPSA) is 38.4 Å². The summed E-state index contributed by atoms with van der Waals surface area (Å²) in [5, 5.41) is 0. The molecule has 1 rings (SSSR count). The molecule has 0 bridgehead atoms. The van der Waals surface area contributed by atoms with Gasteiger partial charge in [-0.2, -0.15) is 0 Å². The number of benzene rings is 1. The van der Waals surface area contributed by atoms with Gasteiger partial charge in [0.25, 0.3) is 0 Å². The van der Waals surface area contributed by atoms with Crippen molar-refractivity contribution in [2.24, 2.45) is 10.7 Å². The van der Waals surface area contributed by atoms with Crippen LogP contribution in [-0.2, 0) is 0 Å². The van der Waals surface area contributed by atoms with Crippen LogP contribution in [0.2, 0.25) is 0 Å². The van der Waals surface area contributed by atoms with E-state index in [9.17, 15) is 0 Å². The van der Waals surface area contributed by atoms with Crippen molar-refractivity contribution in [3.05, 3.63) is 35.4 Å². The number of hydrogen-bond donors (Lipinski definition) is 1. The summed E-state index contributed by atoms with van der Waals surface area (Å²) >= 11 is 0. The van der Waals surface area contributed by atoms with Crippen LogP contribution in [0.25, 0.3) is 0 Å². The summed E-state index contributed by atoms with van der Waals surface area (Å²) in [7, 11) is 0. The Kier molecular flexibility index (Phi) is 3.74. The number of rotatable bonds is 2. The van der Waals surface area contributed by atoms with Gasteiger partial charge in [0.05, 0.1) is 5.54 Å². The van der Waals surface area contributed by atoms with Crippen molar-refractivity contribution in [1.82, 2.24) is 0 Å². The van der Waals surface area contributed by atoms with Crippen LogP contribution in [0.15, 0.2) is 29.3 Å². The first-order valence-electron chi connectivity index (χ1n) is 5.75. The number of amidine groups is 1. The Balaban J connectivity index is 2.94. The van der Waals surface area contributed by atoms with E-state index in [4.69, 9.17) is 5.73 Å². The van der Waals surface area contributed by atoms with Crippen LogP contribution >= 0.6 is 0 Å². The Hall–Kier alpha value is -1.31. The molecule has 0 radical (unpaired) electrons. The van der Waals surface area contributed by atoms with E-state index in [-0.39, 0.29) is 5.54 Å². The van der Waals surface area contributed by atoms with Crippen LogP contribution in [0.4, 0.5) is 0 Å². The second kappa shape index (κ2) is 4.69. The van der Waals surface area contributed by atoms with Gasteiger partial charge in [0.2, 0.25) is 0 Å². The minimum Gasteiger partial charge on any atom is -0.383 e.